The maximum Gasteiger partial charge on any atom is 0.0713 e. The van der Waals surface area contributed by atoms with Crippen LogP contribution < -0.4 is 0 Å². The van der Waals surface area contributed by atoms with Crippen molar-refractivity contribution in [1.82, 2.24) is 0 Å². The van der Waals surface area contributed by atoms with Gasteiger partial charge in [0.05, 0.1) is 5.41 Å². The molecule has 0 atom stereocenters. The number of hydrogen-bond donors (Lipinski definition) is 0. The Morgan fingerprint density at radius 3 is 1.67 bits per heavy atom. The molecule has 0 heterocycles. The van der Waals surface area contributed by atoms with Gasteiger partial charge in [0.25, 0.3) is 0 Å². The quantitative estimate of drug-likeness (QED) is 0.229. The van der Waals surface area contributed by atoms with Crippen molar-refractivity contribution in [3.05, 3.63) is 180 Å². The monoisotopic (exact) mass is 494 g/mol. The lowest BCUT2D eigenvalue weighted by atomic mass is 9.67. The summed E-state index contributed by atoms with van der Waals surface area (Å²) in [6.07, 6.45) is 0. The van der Waals surface area contributed by atoms with Crippen LogP contribution in [-0.2, 0) is 5.41 Å². The van der Waals surface area contributed by atoms with E-state index in [0.717, 1.165) is 0 Å². The lowest BCUT2D eigenvalue weighted by molar-refractivity contribution is 0.769. The van der Waals surface area contributed by atoms with Gasteiger partial charge in [-0.3, -0.25) is 0 Å². The summed E-state index contributed by atoms with van der Waals surface area (Å²) in [5, 5.41) is 5.15. The van der Waals surface area contributed by atoms with Gasteiger partial charge < -0.3 is 0 Å². The lowest BCUT2D eigenvalue weighted by Crippen LogP contribution is -2.28. The van der Waals surface area contributed by atoms with Gasteiger partial charge in [-0.25, -0.2) is 0 Å². The molecule has 1 aliphatic carbocycles. The van der Waals surface area contributed by atoms with Gasteiger partial charge in [-0.2, -0.15) is 0 Å². The molecule has 0 amide bonds. The highest BCUT2D eigenvalue weighted by Crippen LogP contribution is 2.58. The predicted octanol–water partition coefficient (Wildman–Crippen LogP) is 10.0. The van der Waals surface area contributed by atoms with Gasteiger partial charge in [-0.1, -0.05) is 158 Å². The van der Waals surface area contributed by atoms with Crippen molar-refractivity contribution in [2.75, 3.05) is 0 Å². The van der Waals surface area contributed by atoms with Crippen LogP contribution in [-0.4, -0.2) is 0 Å². The SMILES string of the molecule is c1ccc(C2(c3ccccc3)c3ccccc3-c3c2ccc2cccc(-c4cccc5ccccc45)c32)cc1. The number of hydrogen-bond acceptors (Lipinski definition) is 0. The highest BCUT2D eigenvalue weighted by atomic mass is 14.5. The maximum absolute atomic E-state index is 2.38. The molecule has 0 unspecified atom stereocenters. The van der Waals surface area contributed by atoms with E-state index in [2.05, 4.69) is 158 Å². The summed E-state index contributed by atoms with van der Waals surface area (Å²) in [5.74, 6) is 0. The van der Waals surface area contributed by atoms with E-state index in [1.807, 2.05) is 0 Å². The second kappa shape index (κ2) is 8.55. The van der Waals surface area contributed by atoms with Gasteiger partial charge in [-0.15, -0.1) is 0 Å². The van der Waals surface area contributed by atoms with Crippen LogP contribution in [0.15, 0.2) is 158 Å². The van der Waals surface area contributed by atoms with E-state index in [0.29, 0.717) is 0 Å². The van der Waals surface area contributed by atoms with Crippen molar-refractivity contribution in [3.63, 3.8) is 0 Å². The molecule has 0 radical (unpaired) electrons. The van der Waals surface area contributed by atoms with Crippen LogP contribution in [0.3, 0.4) is 0 Å². The van der Waals surface area contributed by atoms with E-state index in [1.54, 1.807) is 0 Å². The topological polar surface area (TPSA) is 0 Å². The van der Waals surface area contributed by atoms with Gasteiger partial charge in [-0.05, 0) is 66.1 Å². The third-order valence-corrected chi connectivity index (χ3v) is 8.54. The Balaban J connectivity index is 1.57. The van der Waals surface area contributed by atoms with E-state index in [-0.39, 0.29) is 0 Å². The molecule has 0 fully saturated rings. The minimum absolute atomic E-state index is 0.394. The predicted molar refractivity (Wildman–Crippen MR) is 164 cm³/mol. The molecule has 7 aromatic carbocycles. The summed E-state index contributed by atoms with van der Waals surface area (Å²) >= 11 is 0. The van der Waals surface area contributed by atoms with Crippen LogP contribution in [0.1, 0.15) is 22.3 Å². The Bertz CT molecular complexity index is 1950. The molecule has 0 bridgehead atoms. The van der Waals surface area contributed by atoms with Crippen molar-refractivity contribution < 1.29 is 0 Å². The first-order chi connectivity index (χ1) is 19.4. The zero-order valence-electron chi connectivity index (χ0n) is 21.5. The van der Waals surface area contributed by atoms with Crippen molar-refractivity contribution in [1.29, 1.82) is 0 Å². The van der Waals surface area contributed by atoms with E-state index in [9.17, 15) is 0 Å². The fraction of sp³-hybridized carbons (Fsp3) is 0.0256. The number of benzene rings is 7. The van der Waals surface area contributed by atoms with Crippen LogP contribution in [0.4, 0.5) is 0 Å². The Kier molecular flexibility index (Phi) is 4.84. The molecule has 182 valence electrons. The van der Waals surface area contributed by atoms with Crippen molar-refractivity contribution in [3.8, 4) is 22.3 Å². The zero-order chi connectivity index (χ0) is 25.8. The summed E-state index contributed by atoms with van der Waals surface area (Å²) in [6.45, 7) is 0. The van der Waals surface area contributed by atoms with Gasteiger partial charge in [0.1, 0.15) is 0 Å². The van der Waals surface area contributed by atoms with Crippen molar-refractivity contribution >= 4 is 21.5 Å². The van der Waals surface area contributed by atoms with Crippen molar-refractivity contribution in [2.45, 2.75) is 5.41 Å². The normalized spacial score (nSPS) is 13.3. The Labute approximate surface area is 228 Å². The Morgan fingerprint density at radius 2 is 0.897 bits per heavy atom. The third kappa shape index (κ3) is 3.06. The second-order valence-electron chi connectivity index (χ2n) is 10.4. The molecule has 7 aromatic rings. The molecular formula is C39H26. The van der Waals surface area contributed by atoms with Gasteiger partial charge >= 0.3 is 0 Å². The van der Waals surface area contributed by atoms with Crippen LogP contribution >= 0.6 is 0 Å². The molecule has 0 saturated heterocycles. The van der Waals surface area contributed by atoms with Crippen LogP contribution in [0.25, 0.3) is 43.8 Å². The van der Waals surface area contributed by atoms with E-state index in [4.69, 9.17) is 0 Å². The summed E-state index contributed by atoms with van der Waals surface area (Å²) in [6, 6.07) is 58.0. The van der Waals surface area contributed by atoms with Gasteiger partial charge in [0, 0.05) is 0 Å². The van der Waals surface area contributed by atoms with Gasteiger partial charge in [0.2, 0.25) is 0 Å². The molecule has 0 aromatic heterocycles. The molecule has 0 N–H and O–H groups in total. The largest absolute Gasteiger partial charge is 0.0713 e. The fourth-order valence-corrected chi connectivity index (χ4v) is 6.99. The highest BCUT2D eigenvalue weighted by Gasteiger charge is 2.46. The molecule has 0 aliphatic heterocycles. The standard InChI is InChI=1S/C39H26/c1-3-16-29(17-4-1)39(30-18-5-2-6-19-30)35-24-10-9-21-34(35)38-36(39)26-25-28-15-12-23-33(37(28)38)32-22-11-14-27-13-7-8-20-31(27)32/h1-26H. The first-order valence-electron chi connectivity index (χ1n) is 13.6. The minimum atomic E-state index is -0.394. The molecule has 0 saturated carbocycles. The fourth-order valence-electron chi connectivity index (χ4n) is 6.99. The Hall–Kier alpha value is -4.94. The molecule has 0 nitrogen and oxygen atoms in total. The maximum atomic E-state index is 2.38. The first-order valence-corrected chi connectivity index (χ1v) is 13.6. The second-order valence-corrected chi connectivity index (χ2v) is 10.4. The molecule has 8 rings (SSSR count). The molecular weight excluding hydrogens is 468 g/mol. The first kappa shape index (κ1) is 22.1. The van der Waals surface area contributed by atoms with Gasteiger partial charge in [0.15, 0.2) is 0 Å². The third-order valence-electron chi connectivity index (χ3n) is 8.54. The lowest BCUT2D eigenvalue weighted by Gasteiger charge is -2.34. The summed E-state index contributed by atoms with van der Waals surface area (Å²) < 4.78 is 0. The summed E-state index contributed by atoms with van der Waals surface area (Å²) in [4.78, 5) is 0. The average Bonchev–Trinajstić information content (AvgIpc) is 3.33. The minimum Gasteiger partial charge on any atom is -0.0622 e. The van der Waals surface area contributed by atoms with E-state index in [1.165, 1.54) is 66.1 Å². The zero-order valence-corrected chi connectivity index (χ0v) is 21.5. The van der Waals surface area contributed by atoms with Crippen molar-refractivity contribution in [2.24, 2.45) is 0 Å². The van der Waals surface area contributed by atoms with Crippen LogP contribution in [0, 0.1) is 0 Å². The molecule has 1 aliphatic rings. The van der Waals surface area contributed by atoms with E-state index < -0.39 is 5.41 Å². The highest BCUT2D eigenvalue weighted by molar-refractivity contribution is 6.13. The summed E-state index contributed by atoms with van der Waals surface area (Å²) in [7, 11) is 0. The molecule has 0 spiro atoms. The molecule has 0 heteroatoms. The van der Waals surface area contributed by atoms with Crippen LogP contribution in [0.2, 0.25) is 0 Å². The average molecular weight is 495 g/mol. The van der Waals surface area contributed by atoms with E-state index >= 15 is 0 Å². The number of fused-ring (bicyclic) bond motifs is 6. The number of rotatable bonds is 3. The summed E-state index contributed by atoms with van der Waals surface area (Å²) in [5.41, 5.74) is 10.1. The van der Waals surface area contributed by atoms with Crippen LogP contribution in [0.5, 0.6) is 0 Å². The molecule has 39 heavy (non-hydrogen) atoms. The smallest absolute Gasteiger partial charge is 0.0622 e. The Morgan fingerprint density at radius 1 is 0.333 bits per heavy atom.